The van der Waals surface area contributed by atoms with Gasteiger partial charge in [0.15, 0.2) is 14.6 Å². The highest BCUT2D eigenvalue weighted by Crippen LogP contribution is 2.46. The Labute approximate surface area is 177 Å². The van der Waals surface area contributed by atoms with E-state index in [4.69, 9.17) is 9.16 Å². The second-order valence-electron chi connectivity index (χ2n) is 8.72. The van der Waals surface area contributed by atoms with E-state index in [1.165, 1.54) is 5.56 Å². The van der Waals surface area contributed by atoms with Gasteiger partial charge < -0.3 is 19.4 Å². The van der Waals surface area contributed by atoms with Gasteiger partial charge in [-0.1, -0.05) is 63.3 Å². The molecular formula is C24H38O4Si. The minimum Gasteiger partial charge on any atom is -0.413 e. The van der Waals surface area contributed by atoms with Crippen LogP contribution in [0.25, 0.3) is 0 Å². The van der Waals surface area contributed by atoms with Crippen molar-refractivity contribution in [1.82, 2.24) is 0 Å². The lowest BCUT2D eigenvalue weighted by molar-refractivity contribution is -0.0945. The van der Waals surface area contributed by atoms with Crippen molar-refractivity contribution in [3.8, 4) is 0 Å². The van der Waals surface area contributed by atoms with Gasteiger partial charge in [-0.2, -0.15) is 0 Å². The van der Waals surface area contributed by atoms with Crippen LogP contribution in [0.1, 0.15) is 45.6 Å². The van der Waals surface area contributed by atoms with E-state index in [1.807, 2.05) is 24.3 Å². The van der Waals surface area contributed by atoms with Crippen molar-refractivity contribution in [3.63, 3.8) is 0 Å². The molecule has 1 unspecified atom stereocenters. The molecule has 0 radical (unpaired) electrons. The van der Waals surface area contributed by atoms with E-state index >= 15 is 0 Å². The molecule has 1 aromatic carbocycles. The number of aryl methyl sites for hydroxylation is 1. The molecule has 0 spiro atoms. The van der Waals surface area contributed by atoms with Crippen molar-refractivity contribution in [3.05, 3.63) is 48.0 Å². The first kappa shape index (κ1) is 22.7. The molecule has 0 bridgehead atoms. The molecule has 1 heterocycles. The summed E-state index contributed by atoms with van der Waals surface area (Å²) in [4.78, 5) is 0. The Balaban J connectivity index is 1.66. The maximum absolute atomic E-state index is 10.5. The van der Waals surface area contributed by atoms with Crippen molar-refractivity contribution < 1.29 is 19.4 Å². The topological polar surface area (TPSA) is 58.9 Å². The average molecular weight is 419 g/mol. The Morgan fingerprint density at radius 3 is 2.48 bits per heavy atom. The van der Waals surface area contributed by atoms with Gasteiger partial charge in [-0.15, -0.1) is 0 Å². The summed E-state index contributed by atoms with van der Waals surface area (Å²) in [5, 5.41) is 20.5. The van der Waals surface area contributed by atoms with Crippen LogP contribution in [-0.4, -0.2) is 43.1 Å². The van der Waals surface area contributed by atoms with Crippen LogP contribution in [0.4, 0.5) is 0 Å². The molecule has 2 fully saturated rings. The quantitative estimate of drug-likeness (QED) is 0.428. The van der Waals surface area contributed by atoms with Crippen molar-refractivity contribution >= 4 is 8.32 Å². The SMILES string of the molecule is CC[Si](CC)(CC)O[C@@H]1C[C@@H]2OC(O)C[C@@H]2[C@H]1/C=C/[C@@H](O)CCc1ccccc1. The van der Waals surface area contributed by atoms with E-state index in [0.717, 1.165) is 31.0 Å². The summed E-state index contributed by atoms with van der Waals surface area (Å²) in [5.74, 6) is 0.491. The van der Waals surface area contributed by atoms with Crippen molar-refractivity contribution in [2.45, 2.75) is 89.2 Å². The van der Waals surface area contributed by atoms with Gasteiger partial charge in [0.2, 0.25) is 0 Å². The van der Waals surface area contributed by atoms with Crippen LogP contribution in [0.3, 0.4) is 0 Å². The summed E-state index contributed by atoms with van der Waals surface area (Å²) in [5.41, 5.74) is 1.25. The molecule has 1 aromatic rings. The van der Waals surface area contributed by atoms with Gasteiger partial charge in [0.05, 0.1) is 18.3 Å². The molecule has 2 aliphatic rings. The van der Waals surface area contributed by atoms with Crippen LogP contribution in [0, 0.1) is 11.8 Å². The van der Waals surface area contributed by atoms with Gasteiger partial charge in [0.1, 0.15) is 0 Å². The highest BCUT2D eigenvalue weighted by Gasteiger charge is 2.50. The zero-order valence-electron chi connectivity index (χ0n) is 18.2. The van der Waals surface area contributed by atoms with Crippen LogP contribution in [0.2, 0.25) is 18.1 Å². The van der Waals surface area contributed by atoms with Crippen LogP contribution < -0.4 is 0 Å². The predicted octanol–water partition coefficient (Wildman–Crippen LogP) is 4.67. The second kappa shape index (κ2) is 10.4. The third-order valence-electron chi connectivity index (χ3n) is 7.13. The van der Waals surface area contributed by atoms with E-state index in [9.17, 15) is 10.2 Å². The molecule has 29 heavy (non-hydrogen) atoms. The van der Waals surface area contributed by atoms with E-state index in [2.05, 4.69) is 39.0 Å². The minimum absolute atomic E-state index is 0.0726. The summed E-state index contributed by atoms with van der Waals surface area (Å²) < 4.78 is 12.6. The fraction of sp³-hybridized carbons (Fsp3) is 0.667. The lowest BCUT2D eigenvalue weighted by Gasteiger charge is -2.34. The number of rotatable bonds is 10. The van der Waals surface area contributed by atoms with Gasteiger partial charge in [-0.3, -0.25) is 0 Å². The molecule has 4 nitrogen and oxygen atoms in total. The molecule has 1 aliphatic heterocycles. The maximum Gasteiger partial charge on any atom is 0.192 e. The van der Waals surface area contributed by atoms with Crippen LogP contribution in [0.5, 0.6) is 0 Å². The van der Waals surface area contributed by atoms with Gasteiger partial charge in [-0.05, 0) is 48.9 Å². The molecule has 3 rings (SSSR count). The molecule has 1 saturated heterocycles. The van der Waals surface area contributed by atoms with Crippen molar-refractivity contribution in [1.29, 1.82) is 0 Å². The summed E-state index contributed by atoms with van der Waals surface area (Å²) in [6.45, 7) is 6.77. The first-order valence-electron chi connectivity index (χ1n) is 11.4. The maximum atomic E-state index is 10.5. The Hall–Kier alpha value is -0.983. The molecule has 5 heteroatoms. The second-order valence-corrected chi connectivity index (χ2v) is 13.4. The van der Waals surface area contributed by atoms with Gasteiger partial charge in [0, 0.05) is 12.3 Å². The minimum atomic E-state index is -1.72. The first-order valence-corrected chi connectivity index (χ1v) is 13.9. The van der Waals surface area contributed by atoms with E-state index < -0.39 is 20.7 Å². The number of aliphatic hydroxyl groups excluding tert-OH is 2. The van der Waals surface area contributed by atoms with E-state index in [0.29, 0.717) is 12.8 Å². The molecule has 2 N–H and O–H groups in total. The average Bonchev–Trinajstić information content (AvgIpc) is 3.25. The first-order chi connectivity index (χ1) is 14.0. The zero-order chi connectivity index (χ0) is 20.9. The summed E-state index contributed by atoms with van der Waals surface area (Å²) >= 11 is 0. The third kappa shape index (κ3) is 5.59. The Bertz CT molecular complexity index is 637. The summed E-state index contributed by atoms with van der Waals surface area (Å²) in [6, 6.07) is 13.7. The number of aliphatic hydroxyl groups is 2. The molecule has 1 saturated carbocycles. The monoisotopic (exact) mass is 418 g/mol. The van der Waals surface area contributed by atoms with E-state index in [-0.39, 0.29) is 24.0 Å². The molecule has 1 aliphatic carbocycles. The lowest BCUT2D eigenvalue weighted by atomic mass is 9.91. The molecule has 0 amide bonds. The largest absolute Gasteiger partial charge is 0.413 e. The number of hydrogen-bond acceptors (Lipinski definition) is 4. The highest BCUT2D eigenvalue weighted by atomic mass is 28.4. The van der Waals surface area contributed by atoms with Crippen LogP contribution >= 0.6 is 0 Å². The van der Waals surface area contributed by atoms with Gasteiger partial charge in [-0.25, -0.2) is 0 Å². The normalized spacial score (nSPS) is 30.7. The Morgan fingerprint density at radius 2 is 1.83 bits per heavy atom. The van der Waals surface area contributed by atoms with Gasteiger partial charge in [0.25, 0.3) is 0 Å². The molecule has 0 aromatic heterocycles. The van der Waals surface area contributed by atoms with Crippen LogP contribution in [-0.2, 0) is 15.6 Å². The van der Waals surface area contributed by atoms with E-state index in [1.54, 1.807) is 0 Å². The van der Waals surface area contributed by atoms with Crippen molar-refractivity contribution in [2.75, 3.05) is 0 Å². The molecule has 6 atom stereocenters. The Morgan fingerprint density at radius 1 is 1.14 bits per heavy atom. The zero-order valence-corrected chi connectivity index (χ0v) is 19.2. The molecule has 162 valence electrons. The predicted molar refractivity (Wildman–Crippen MR) is 119 cm³/mol. The number of benzene rings is 1. The third-order valence-corrected chi connectivity index (χ3v) is 11.8. The standard InChI is InChI=1S/C24H38O4Si/c1-4-29(5-2,6-3)28-23-17-22-21(16-24(26)27-22)20(23)15-14-19(25)13-12-18-10-8-7-9-11-18/h7-11,14-15,19-26H,4-6,12-13,16-17H2,1-3H3/b15-14+/t19-,20+,21+,22-,23+,24?/m0/s1. The number of ether oxygens (including phenoxy) is 1. The smallest absolute Gasteiger partial charge is 0.192 e. The summed E-state index contributed by atoms with van der Waals surface area (Å²) in [7, 11) is -1.72. The van der Waals surface area contributed by atoms with Crippen molar-refractivity contribution in [2.24, 2.45) is 11.8 Å². The Kier molecular flexibility index (Phi) is 8.11. The fourth-order valence-electron chi connectivity index (χ4n) is 5.07. The summed E-state index contributed by atoms with van der Waals surface area (Å²) in [6.07, 6.45) is 6.29. The van der Waals surface area contributed by atoms with Gasteiger partial charge >= 0.3 is 0 Å². The highest BCUT2D eigenvalue weighted by molar-refractivity contribution is 6.73. The molecular weight excluding hydrogens is 380 g/mol. The lowest BCUT2D eigenvalue weighted by Crippen LogP contribution is -2.41. The fourth-order valence-corrected chi connectivity index (χ4v) is 7.96. The number of fused-ring (bicyclic) bond motifs is 1. The number of hydrogen-bond donors (Lipinski definition) is 2. The van der Waals surface area contributed by atoms with Crippen LogP contribution in [0.15, 0.2) is 42.5 Å².